The van der Waals surface area contributed by atoms with Crippen molar-refractivity contribution in [3.8, 4) is 22.8 Å². The number of thioether (sulfide) groups is 1. The lowest BCUT2D eigenvalue weighted by atomic mass is 10.0. The molecule has 0 bridgehead atoms. The Morgan fingerprint density at radius 3 is 2.63 bits per heavy atom. The van der Waals surface area contributed by atoms with Gasteiger partial charge >= 0.3 is 6.36 Å². The van der Waals surface area contributed by atoms with Crippen LogP contribution in [0.25, 0.3) is 17.1 Å². The molecule has 43 heavy (non-hydrogen) atoms. The molecule has 1 amide bonds. The molecule has 1 saturated heterocycles. The number of para-hydroxylation sites is 1. The molecular weight excluding hydrogens is 579 g/mol. The average molecular weight is 606 g/mol. The first kappa shape index (κ1) is 29.6. The van der Waals surface area contributed by atoms with Crippen LogP contribution in [0, 0.1) is 0 Å². The number of alkyl halides is 3. The number of aromatic nitrogens is 3. The van der Waals surface area contributed by atoms with Crippen LogP contribution in [-0.2, 0) is 4.79 Å². The van der Waals surface area contributed by atoms with Crippen molar-refractivity contribution < 1.29 is 22.7 Å². The van der Waals surface area contributed by atoms with Crippen molar-refractivity contribution in [3.63, 3.8) is 0 Å². The van der Waals surface area contributed by atoms with Gasteiger partial charge in [0.2, 0.25) is 5.91 Å². The molecule has 1 fully saturated rings. The van der Waals surface area contributed by atoms with Gasteiger partial charge < -0.3 is 4.74 Å². The third-order valence-electron chi connectivity index (χ3n) is 6.17. The molecule has 1 aliphatic heterocycles. The van der Waals surface area contributed by atoms with Gasteiger partial charge in [-0.05, 0) is 53.4 Å². The molecule has 5 rings (SSSR count). The third-order valence-corrected chi connectivity index (χ3v) is 7.10. The smallest absolute Gasteiger partial charge is 0.406 e. The van der Waals surface area contributed by atoms with Crippen LogP contribution in [0.1, 0.15) is 30.9 Å². The van der Waals surface area contributed by atoms with Crippen molar-refractivity contribution in [3.05, 3.63) is 103 Å². The van der Waals surface area contributed by atoms with E-state index in [9.17, 15) is 18.0 Å². The van der Waals surface area contributed by atoms with Crippen LogP contribution in [0.3, 0.4) is 0 Å². The third kappa shape index (κ3) is 7.30. The van der Waals surface area contributed by atoms with Gasteiger partial charge in [0.25, 0.3) is 0 Å². The topological polar surface area (TPSA) is 97.0 Å². The zero-order valence-electron chi connectivity index (χ0n) is 23.1. The molecule has 0 radical (unpaired) electrons. The molecule has 0 spiro atoms. The normalized spacial score (nSPS) is 14.7. The molecule has 0 atom stereocenters. The molecule has 2 heterocycles. The number of benzene rings is 3. The van der Waals surface area contributed by atoms with E-state index in [0.29, 0.717) is 22.2 Å². The summed E-state index contributed by atoms with van der Waals surface area (Å²) in [5.41, 5.74) is 6.63. The average Bonchev–Trinajstić information content (AvgIpc) is 3.60. The predicted octanol–water partition coefficient (Wildman–Crippen LogP) is 6.49. The molecule has 0 unspecified atom stereocenters. The maximum Gasteiger partial charge on any atom is 0.573 e. The summed E-state index contributed by atoms with van der Waals surface area (Å²) in [6.45, 7) is 8.08. The highest BCUT2D eigenvalue weighted by Gasteiger charge is 2.32. The Kier molecular flexibility index (Phi) is 8.62. The lowest BCUT2D eigenvalue weighted by molar-refractivity contribution is -0.274. The summed E-state index contributed by atoms with van der Waals surface area (Å²) in [6, 6.07) is 20.4. The van der Waals surface area contributed by atoms with Gasteiger partial charge in [-0.2, -0.15) is 5.10 Å². The van der Waals surface area contributed by atoms with Crippen molar-refractivity contribution in [1.82, 2.24) is 20.2 Å². The van der Waals surface area contributed by atoms with Crippen LogP contribution < -0.4 is 15.1 Å². The lowest BCUT2D eigenvalue weighted by Crippen LogP contribution is -2.30. The standard InChI is InChI=1S/C30H26F3N7O2S/c1-19(2)25-9-4-5-10-26(25)40-27(41)17-43-29(40)36-20(3)37-35-16-21-7-6-8-22(15-21)28-34-18-39(38-28)23-11-13-24(14-12-23)42-30(31,32)33/h4-16,18-19,37H,3,17H2,1-2H3/b35-16+,36-29-. The van der Waals surface area contributed by atoms with E-state index in [-0.39, 0.29) is 29.1 Å². The van der Waals surface area contributed by atoms with Gasteiger partial charge in [0.15, 0.2) is 11.0 Å². The molecule has 1 aromatic heterocycles. The van der Waals surface area contributed by atoms with E-state index >= 15 is 0 Å². The molecule has 3 aromatic carbocycles. The quantitative estimate of drug-likeness (QED) is 0.173. The van der Waals surface area contributed by atoms with E-state index in [0.717, 1.165) is 16.8 Å². The summed E-state index contributed by atoms with van der Waals surface area (Å²) in [5.74, 6) is 0.831. The zero-order chi connectivity index (χ0) is 30.6. The number of amidine groups is 1. The van der Waals surface area contributed by atoms with Crippen LogP contribution in [0.2, 0.25) is 0 Å². The number of nitrogens with one attached hydrogen (secondary N) is 1. The Balaban J connectivity index is 1.25. The fraction of sp³-hybridized carbons (Fsp3) is 0.167. The van der Waals surface area contributed by atoms with Gasteiger partial charge in [-0.3, -0.25) is 15.1 Å². The van der Waals surface area contributed by atoms with Gasteiger partial charge in [-0.15, -0.1) is 18.3 Å². The first-order valence-electron chi connectivity index (χ1n) is 13.1. The number of nitrogens with zero attached hydrogens (tertiary/aromatic N) is 6. The molecule has 1 aliphatic rings. The van der Waals surface area contributed by atoms with E-state index < -0.39 is 6.36 Å². The number of halogens is 3. The minimum absolute atomic E-state index is 0.0477. The Hall–Kier alpha value is -4.91. The molecule has 1 N–H and O–H groups in total. The largest absolute Gasteiger partial charge is 0.573 e. The summed E-state index contributed by atoms with van der Waals surface area (Å²) in [7, 11) is 0. The fourth-order valence-corrected chi connectivity index (χ4v) is 5.15. The Morgan fingerprint density at radius 2 is 1.88 bits per heavy atom. The maximum absolute atomic E-state index is 12.7. The van der Waals surface area contributed by atoms with Crippen molar-refractivity contribution in [2.75, 3.05) is 10.7 Å². The van der Waals surface area contributed by atoms with E-state index in [1.807, 2.05) is 48.5 Å². The van der Waals surface area contributed by atoms with Gasteiger partial charge in [-0.1, -0.05) is 68.6 Å². The summed E-state index contributed by atoms with van der Waals surface area (Å²) >= 11 is 1.34. The second-order valence-electron chi connectivity index (χ2n) is 9.62. The van der Waals surface area contributed by atoms with Gasteiger partial charge in [0.1, 0.15) is 17.9 Å². The first-order chi connectivity index (χ1) is 20.6. The highest BCUT2D eigenvalue weighted by Crippen LogP contribution is 2.33. The summed E-state index contributed by atoms with van der Waals surface area (Å²) in [4.78, 5) is 23.2. The van der Waals surface area contributed by atoms with Crippen molar-refractivity contribution in [1.29, 1.82) is 0 Å². The minimum atomic E-state index is -4.76. The Bertz CT molecular complexity index is 1700. The monoisotopic (exact) mass is 605 g/mol. The van der Waals surface area contributed by atoms with Crippen molar-refractivity contribution >= 4 is 34.7 Å². The molecule has 9 nitrogen and oxygen atoms in total. The van der Waals surface area contributed by atoms with E-state index in [1.54, 1.807) is 11.1 Å². The van der Waals surface area contributed by atoms with Crippen LogP contribution >= 0.6 is 11.8 Å². The highest BCUT2D eigenvalue weighted by molar-refractivity contribution is 8.15. The molecule has 220 valence electrons. The SMILES string of the molecule is C=C(/N=C1\SCC(=O)N1c1ccccc1C(C)C)N/N=C/c1cccc(-c2ncn(-c3ccc(OC(F)(F)F)cc3)n2)c1. The number of rotatable bonds is 9. The van der Waals surface area contributed by atoms with E-state index in [4.69, 9.17) is 0 Å². The zero-order valence-corrected chi connectivity index (χ0v) is 23.9. The number of aliphatic imine (C=N–C) groups is 1. The minimum Gasteiger partial charge on any atom is -0.406 e. The second-order valence-corrected chi connectivity index (χ2v) is 10.6. The maximum atomic E-state index is 12.7. The summed E-state index contributed by atoms with van der Waals surface area (Å²) < 4.78 is 42.6. The number of carbonyl (C=O) groups is 1. The fourth-order valence-electron chi connectivity index (χ4n) is 4.26. The van der Waals surface area contributed by atoms with Crippen molar-refractivity contribution in [2.24, 2.45) is 10.1 Å². The number of amides is 1. The van der Waals surface area contributed by atoms with Gasteiger partial charge in [-0.25, -0.2) is 14.7 Å². The first-order valence-corrected chi connectivity index (χ1v) is 14.1. The van der Waals surface area contributed by atoms with Gasteiger partial charge in [0.05, 0.1) is 23.3 Å². The van der Waals surface area contributed by atoms with Crippen LogP contribution in [0.15, 0.2) is 102 Å². The summed E-state index contributed by atoms with van der Waals surface area (Å²) in [5, 5.41) is 9.19. The Morgan fingerprint density at radius 1 is 1.12 bits per heavy atom. The van der Waals surface area contributed by atoms with E-state index in [1.165, 1.54) is 47.0 Å². The lowest BCUT2D eigenvalue weighted by Gasteiger charge is -2.21. The van der Waals surface area contributed by atoms with E-state index in [2.05, 4.69) is 50.8 Å². The van der Waals surface area contributed by atoms with Crippen LogP contribution in [-0.4, -0.2) is 44.2 Å². The second kappa shape index (κ2) is 12.5. The molecule has 0 saturated carbocycles. The predicted molar refractivity (Wildman–Crippen MR) is 161 cm³/mol. The summed E-state index contributed by atoms with van der Waals surface area (Å²) in [6.07, 6.45) is -1.71. The molecular formula is C30H26F3N7O2S. The molecule has 0 aliphatic carbocycles. The highest BCUT2D eigenvalue weighted by atomic mass is 32.2. The number of ether oxygens (including phenoxy) is 1. The number of carbonyl (C=O) groups excluding carboxylic acids is 1. The molecule has 13 heteroatoms. The van der Waals surface area contributed by atoms with Crippen LogP contribution in [0.5, 0.6) is 5.75 Å². The van der Waals surface area contributed by atoms with Crippen LogP contribution in [0.4, 0.5) is 18.9 Å². The number of hydrogen-bond acceptors (Lipinski definition) is 8. The van der Waals surface area contributed by atoms with Crippen molar-refractivity contribution in [2.45, 2.75) is 26.1 Å². The van der Waals surface area contributed by atoms with Gasteiger partial charge in [0, 0.05) is 5.56 Å². The molecule has 4 aromatic rings. The number of hydrogen-bond donors (Lipinski definition) is 1. The Labute approximate surface area is 249 Å². The number of hydrazone groups is 1. The number of anilines is 1.